The van der Waals surface area contributed by atoms with Gasteiger partial charge in [-0.3, -0.25) is 4.79 Å². The lowest BCUT2D eigenvalue weighted by Gasteiger charge is -1.79. The number of carboxylic acid groups (broad SMARTS) is 1. The normalized spacial score (nSPS) is 32.3. The highest BCUT2D eigenvalue weighted by Crippen LogP contribution is 1.82. The van der Waals surface area contributed by atoms with Gasteiger partial charge in [0.15, 0.2) is 0 Å². The van der Waals surface area contributed by atoms with Crippen LogP contribution in [0.2, 0.25) is 0 Å². The molecule has 0 bridgehead atoms. The zero-order valence-electron chi connectivity index (χ0n) is 9.86. The summed E-state index contributed by atoms with van der Waals surface area (Å²) in [7, 11) is 0. The smallest absolute Gasteiger partial charge is 0.303 e. The van der Waals surface area contributed by atoms with Crippen LogP contribution < -0.4 is 0 Å². The summed E-state index contributed by atoms with van der Waals surface area (Å²) in [6.45, 7) is -3.31. The van der Waals surface area contributed by atoms with Crippen LogP contribution in [0, 0.1) is 0 Å². The van der Waals surface area contributed by atoms with Gasteiger partial charge in [-0.1, -0.05) is 6.85 Å². The van der Waals surface area contributed by atoms with Gasteiger partial charge in [-0.2, -0.15) is 0 Å². The van der Waals surface area contributed by atoms with Gasteiger partial charge in [-0.15, -0.1) is 0 Å². The first-order valence-electron chi connectivity index (χ1n) is 4.68. The van der Waals surface area contributed by atoms with Crippen LogP contribution in [0.4, 0.5) is 0 Å². The summed E-state index contributed by atoms with van der Waals surface area (Å²) in [5.74, 6) is -2.13. The lowest BCUT2D eigenvalue weighted by Crippen LogP contribution is -1.90. The summed E-state index contributed by atoms with van der Waals surface area (Å²) in [5.41, 5.74) is 0. The molecular formula is C4H8O2. The third kappa shape index (κ3) is 3.47. The molecule has 2 heteroatoms. The molecule has 0 atom stereocenters. The van der Waals surface area contributed by atoms with Crippen molar-refractivity contribution in [2.75, 3.05) is 0 Å². The first-order chi connectivity index (χ1) is 5.44. The van der Waals surface area contributed by atoms with Gasteiger partial charge in [0.25, 0.3) is 0 Å². The summed E-state index contributed by atoms with van der Waals surface area (Å²) < 4.78 is 47.2. The number of hydrogen-bond donors (Lipinski definition) is 1. The van der Waals surface area contributed by atoms with E-state index in [2.05, 4.69) is 0 Å². The Bertz CT molecular complexity index is 217. The molecule has 0 aromatic rings. The summed E-state index contributed by atoms with van der Waals surface area (Å²) in [4.78, 5) is 10.2. The quantitative estimate of drug-likeness (QED) is 0.552. The fourth-order valence-electron chi connectivity index (χ4n) is 0.0535. The fourth-order valence-corrected chi connectivity index (χ4v) is 0.0535. The van der Waals surface area contributed by atoms with Crippen LogP contribution in [0.25, 0.3) is 0 Å². The second kappa shape index (κ2) is 2.69. The van der Waals surface area contributed by atoms with Crippen molar-refractivity contribution in [3.63, 3.8) is 0 Å². The molecule has 0 aromatic heterocycles. The predicted octanol–water partition coefficient (Wildman–Crippen LogP) is 0.871. The molecule has 0 saturated heterocycles. The van der Waals surface area contributed by atoms with Crippen molar-refractivity contribution in [3.8, 4) is 0 Å². The van der Waals surface area contributed by atoms with E-state index in [1.54, 1.807) is 0 Å². The summed E-state index contributed by atoms with van der Waals surface area (Å²) in [6, 6.07) is 0. The molecular weight excluding hydrogens is 80.0 g/mol. The lowest BCUT2D eigenvalue weighted by molar-refractivity contribution is -0.137. The molecule has 0 spiro atoms. The third-order valence-corrected chi connectivity index (χ3v) is 0.169. The van der Waals surface area contributed by atoms with Gasteiger partial charge in [-0.05, 0) is 6.37 Å². The van der Waals surface area contributed by atoms with Crippen molar-refractivity contribution in [3.05, 3.63) is 0 Å². The van der Waals surface area contributed by atoms with E-state index in [0.29, 0.717) is 0 Å². The second-order valence-corrected chi connectivity index (χ2v) is 0.555. The molecule has 1 N–H and O–H groups in total. The number of rotatable bonds is 2. The number of carbonyl (C=O) groups is 1. The monoisotopic (exact) mass is 95.1 g/mol. The molecule has 0 aliphatic rings. The SMILES string of the molecule is [2H]C([2H])([2H])C([2H])([2H])C([2H])([2H])C(=O)O. The maximum absolute atomic E-state index is 10.2. The van der Waals surface area contributed by atoms with Crippen molar-refractivity contribution in [1.29, 1.82) is 0 Å². The molecule has 0 rings (SSSR count). The van der Waals surface area contributed by atoms with E-state index >= 15 is 0 Å². The first kappa shape index (κ1) is 0.831. The van der Waals surface area contributed by atoms with Gasteiger partial charge >= 0.3 is 5.97 Å². The van der Waals surface area contributed by atoms with Crippen molar-refractivity contribution in [2.45, 2.75) is 19.6 Å². The van der Waals surface area contributed by atoms with Gasteiger partial charge in [0.2, 0.25) is 0 Å². The summed E-state index contributed by atoms with van der Waals surface area (Å²) >= 11 is 0. The Morgan fingerprint density at radius 1 is 2.33 bits per heavy atom. The second-order valence-electron chi connectivity index (χ2n) is 0.555. The van der Waals surface area contributed by atoms with Gasteiger partial charge < -0.3 is 5.11 Å². The highest BCUT2D eigenvalue weighted by Gasteiger charge is 1.87. The Morgan fingerprint density at radius 2 is 3.00 bits per heavy atom. The van der Waals surface area contributed by atoms with Crippen molar-refractivity contribution >= 4 is 5.97 Å². The highest BCUT2D eigenvalue weighted by molar-refractivity contribution is 5.66. The van der Waals surface area contributed by atoms with Crippen LogP contribution in [0.1, 0.15) is 29.2 Å². The lowest BCUT2D eigenvalue weighted by atomic mass is 10.4. The standard InChI is InChI=1S/C4H8O2/c1-2-3-4(5)6/h2-3H2,1H3,(H,5,6)/i1D3,2D2,3D2. The molecule has 6 heavy (non-hydrogen) atoms. The Balaban J connectivity index is 5.16. The van der Waals surface area contributed by atoms with Crippen LogP contribution in [-0.2, 0) is 4.79 Å². The van der Waals surface area contributed by atoms with Crippen molar-refractivity contribution in [2.24, 2.45) is 0 Å². The third-order valence-electron chi connectivity index (χ3n) is 0.169. The van der Waals surface area contributed by atoms with E-state index < -0.39 is 25.6 Å². The molecule has 0 saturated carbocycles. The minimum Gasteiger partial charge on any atom is -0.481 e. The zero-order valence-corrected chi connectivity index (χ0v) is 2.86. The number of aliphatic carboxylic acids is 1. The van der Waals surface area contributed by atoms with Gasteiger partial charge in [-0.25, -0.2) is 0 Å². The average Bonchev–Trinajstić information content (AvgIpc) is 1.84. The van der Waals surface area contributed by atoms with Crippen LogP contribution in [-0.4, -0.2) is 11.1 Å². The Labute approximate surface area is 46.6 Å². The van der Waals surface area contributed by atoms with E-state index in [9.17, 15) is 4.79 Å². The Kier molecular flexibility index (Phi) is 0.373. The highest BCUT2D eigenvalue weighted by atomic mass is 16.4. The van der Waals surface area contributed by atoms with E-state index in [1.165, 1.54) is 0 Å². The molecule has 0 fully saturated rings. The summed E-state index contributed by atoms with van der Waals surface area (Å²) in [5, 5.41) is 8.28. The topological polar surface area (TPSA) is 37.3 Å². The molecule has 0 radical (unpaired) electrons. The zero-order chi connectivity index (χ0) is 11.1. The molecule has 0 aliphatic heterocycles. The molecule has 2 nitrogen and oxygen atoms in total. The van der Waals surface area contributed by atoms with E-state index in [1.807, 2.05) is 0 Å². The summed E-state index contributed by atoms with van der Waals surface area (Å²) in [6.07, 6.45) is -6.84. The van der Waals surface area contributed by atoms with Crippen LogP contribution in [0.5, 0.6) is 0 Å². The average molecular weight is 95.1 g/mol. The molecule has 0 amide bonds. The molecule has 0 aliphatic carbocycles. The van der Waals surface area contributed by atoms with E-state index in [-0.39, 0.29) is 0 Å². The first-order valence-corrected chi connectivity index (χ1v) is 1.18. The van der Waals surface area contributed by atoms with Crippen LogP contribution in [0.3, 0.4) is 0 Å². The number of hydrogen-bond acceptors (Lipinski definition) is 1. The minimum atomic E-state index is -3.43. The van der Waals surface area contributed by atoms with Gasteiger partial charge in [0.1, 0.15) is 0 Å². The fraction of sp³-hybridized carbons (Fsp3) is 0.750. The van der Waals surface area contributed by atoms with Crippen molar-refractivity contribution in [1.82, 2.24) is 0 Å². The molecule has 0 unspecified atom stereocenters. The van der Waals surface area contributed by atoms with E-state index in [0.717, 1.165) is 0 Å². The maximum Gasteiger partial charge on any atom is 0.303 e. The predicted molar refractivity (Wildman–Crippen MR) is 22.5 cm³/mol. The van der Waals surface area contributed by atoms with Gasteiger partial charge in [0.05, 0.1) is 0 Å². The molecule has 36 valence electrons. The largest absolute Gasteiger partial charge is 0.481 e. The van der Waals surface area contributed by atoms with E-state index in [4.69, 9.17) is 14.7 Å². The van der Waals surface area contributed by atoms with Gasteiger partial charge in [0, 0.05) is 16.0 Å². The minimum absolute atomic E-state index is 2.13. The van der Waals surface area contributed by atoms with Crippen molar-refractivity contribution < 1.29 is 19.5 Å². The Morgan fingerprint density at radius 3 is 3.17 bits per heavy atom. The Hall–Kier alpha value is -0.530. The molecule has 0 heterocycles. The maximum atomic E-state index is 10.2. The number of carboxylic acids is 1. The van der Waals surface area contributed by atoms with Crippen LogP contribution >= 0.6 is 0 Å². The molecule has 0 aromatic carbocycles. The van der Waals surface area contributed by atoms with Crippen LogP contribution in [0.15, 0.2) is 0 Å².